The fourth-order valence-electron chi connectivity index (χ4n) is 3.66. The number of nitrogens with one attached hydrogen (secondary N) is 3. The SMILES string of the molecule is N=C(N)c1ccc(NC(=O)C(C(=O)NCc2ccc3c(c2)CCO3)c2ccccc2)cc1. The Labute approximate surface area is 186 Å². The first-order valence-electron chi connectivity index (χ1n) is 10.3. The minimum Gasteiger partial charge on any atom is -0.493 e. The van der Waals surface area contributed by atoms with Crippen molar-refractivity contribution in [2.75, 3.05) is 11.9 Å². The average molecular weight is 428 g/mol. The van der Waals surface area contributed by atoms with Crippen molar-refractivity contribution in [2.45, 2.75) is 18.9 Å². The smallest absolute Gasteiger partial charge is 0.241 e. The van der Waals surface area contributed by atoms with Crippen LogP contribution in [0.1, 0.15) is 28.2 Å². The van der Waals surface area contributed by atoms with Crippen molar-refractivity contribution in [2.24, 2.45) is 5.73 Å². The Bertz CT molecular complexity index is 1140. The molecule has 0 bridgehead atoms. The molecule has 0 aromatic heterocycles. The lowest BCUT2D eigenvalue weighted by atomic mass is 9.96. The predicted octanol–water partition coefficient (Wildman–Crippen LogP) is 2.94. The molecule has 0 fully saturated rings. The number of carbonyl (C=O) groups is 2. The van der Waals surface area contributed by atoms with Crippen LogP contribution >= 0.6 is 0 Å². The van der Waals surface area contributed by atoms with Crippen LogP contribution in [0.2, 0.25) is 0 Å². The molecule has 1 aliphatic rings. The van der Waals surface area contributed by atoms with Gasteiger partial charge in [-0.15, -0.1) is 0 Å². The van der Waals surface area contributed by atoms with Gasteiger partial charge in [0.2, 0.25) is 11.8 Å². The van der Waals surface area contributed by atoms with Crippen molar-refractivity contribution < 1.29 is 14.3 Å². The second-order valence-corrected chi connectivity index (χ2v) is 7.58. The summed E-state index contributed by atoms with van der Waals surface area (Å²) in [7, 11) is 0. The number of ether oxygens (including phenoxy) is 1. The van der Waals surface area contributed by atoms with Gasteiger partial charge in [-0.2, -0.15) is 0 Å². The van der Waals surface area contributed by atoms with Gasteiger partial charge in [-0.25, -0.2) is 0 Å². The molecule has 2 amide bonds. The lowest BCUT2D eigenvalue weighted by Crippen LogP contribution is -2.36. The third kappa shape index (κ3) is 4.78. The van der Waals surface area contributed by atoms with E-state index in [4.69, 9.17) is 15.9 Å². The lowest BCUT2D eigenvalue weighted by molar-refractivity contribution is -0.129. The van der Waals surface area contributed by atoms with Crippen molar-refractivity contribution in [3.8, 4) is 5.75 Å². The van der Waals surface area contributed by atoms with Gasteiger partial charge in [-0.1, -0.05) is 42.5 Å². The number of benzene rings is 3. The maximum Gasteiger partial charge on any atom is 0.241 e. The molecule has 3 aromatic rings. The number of amides is 2. The molecule has 4 rings (SSSR count). The van der Waals surface area contributed by atoms with E-state index >= 15 is 0 Å². The molecule has 0 saturated carbocycles. The van der Waals surface area contributed by atoms with Gasteiger partial charge in [0, 0.05) is 24.2 Å². The van der Waals surface area contributed by atoms with E-state index in [2.05, 4.69) is 10.6 Å². The van der Waals surface area contributed by atoms with Crippen LogP contribution in [0, 0.1) is 5.41 Å². The Hall–Kier alpha value is -4.13. The van der Waals surface area contributed by atoms with Crippen LogP contribution in [-0.4, -0.2) is 24.3 Å². The second kappa shape index (κ2) is 9.34. The van der Waals surface area contributed by atoms with E-state index in [1.807, 2.05) is 24.3 Å². The van der Waals surface area contributed by atoms with Gasteiger partial charge < -0.3 is 21.1 Å². The molecule has 1 unspecified atom stereocenters. The fraction of sp³-hybridized carbons (Fsp3) is 0.160. The topological polar surface area (TPSA) is 117 Å². The van der Waals surface area contributed by atoms with Crippen molar-refractivity contribution in [1.82, 2.24) is 5.32 Å². The molecule has 5 N–H and O–H groups in total. The third-order valence-corrected chi connectivity index (χ3v) is 5.34. The first-order valence-corrected chi connectivity index (χ1v) is 10.3. The summed E-state index contributed by atoms with van der Waals surface area (Å²) in [6, 6.07) is 21.4. The summed E-state index contributed by atoms with van der Waals surface area (Å²) in [4.78, 5) is 26.2. The summed E-state index contributed by atoms with van der Waals surface area (Å²) in [5, 5.41) is 13.2. The number of nitrogens with two attached hydrogens (primary N) is 1. The zero-order valence-corrected chi connectivity index (χ0v) is 17.4. The summed E-state index contributed by atoms with van der Waals surface area (Å²) in [5.41, 5.74) is 9.24. The molecule has 7 nitrogen and oxygen atoms in total. The lowest BCUT2D eigenvalue weighted by Gasteiger charge is -2.17. The van der Waals surface area contributed by atoms with Crippen LogP contribution < -0.4 is 21.1 Å². The van der Waals surface area contributed by atoms with Gasteiger partial charge >= 0.3 is 0 Å². The van der Waals surface area contributed by atoms with Crippen LogP contribution in [0.15, 0.2) is 72.8 Å². The Morgan fingerprint density at radius 1 is 1.00 bits per heavy atom. The highest BCUT2D eigenvalue weighted by Crippen LogP contribution is 2.26. The molecule has 1 heterocycles. The van der Waals surface area contributed by atoms with Crippen molar-refractivity contribution in [3.05, 3.63) is 95.1 Å². The first kappa shape index (κ1) is 21.1. The molecule has 0 spiro atoms. The number of nitrogen functional groups attached to an aromatic ring is 1. The Balaban J connectivity index is 1.49. The van der Waals surface area contributed by atoms with E-state index in [9.17, 15) is 9.59 Å². The first-order chi connectivity index (χ1) is 15.5. The number of anilines is 1. The van der Waals surface area contributed by atoms with Crippen LogP contribution in [-0.2, 0) is 22.6 Å². The van der Waals surface area contributed by atoms with Gasteiger partial charge in [0.1, 0.15) is 17.5 Å². The van der Waals surface area contributed by atoms with Crippen LogP contribution in [0.3, 0.4) is 0 Å². The summed E-state index contributed by atoms with van der Waals surface area (Å²) in [6.07, 6.45) is 0.856. The standard InChI is InChI=1S/C25H24N4O3/c26-23(27)18-7-9-20(10-8-18)29-25(31)22(17-4-2-1-3-5-17)24(30)28-15-16-6-11-21-19(14-16)12-13-32-21/h1-11,14,22H,12-13,15H2,(H3,26,27)(H,28,30)(H,29,31). The number of rotatable bonds is 7. The molecule has 0 aliphatic carbocycles. The van der Waals surface area contributed by atoms with E-state index in [0.29, 0.717) is 30.0 Å². The zero-order valence-electron chi connectivity index (χ0n) is 17.4. The molecular formula is C25H24N4O3. The fourth-order valence-corrected chi connectivity index (χ4v) is 3.66. The number of carbonyl (C=O) groups excluding carboxylic acids is 2. The predicted molar refractivity (Wildman–Crippen MR) is 123 cm³/mol. The van der Waals surface area contributed by atoms with E-state index in [1.54, 1.807) is 48.5 Å². The normalized spacial score (nSPS) is 12.9. The van der Waals surface area contributed by atoms with Crippen molar-refractivity contribution in [3.63, 3.8) is 0 Å². The van der Waals surface area contributed by atoms with Gasteiger partial charge in [-0.3, -0.25) is 15.0 Å². The Morgan fingerprint density at radius 3 is 2.47 bits per heavy atom. The summed E-state index contributed by atoms with van der Waals surface area (Å²) in [5.74, 6) is -1.00. The quantitative estimate of drug-likeness (QED) is 0.263. The molecule has 3 aromatic carbocycles. The summed E-state index contributed by atoms with van der Waals surface area (Å²) >= 11 is 0. The van der Waals surface area contributed by atoms with Gasteiger partial charge in [0.25, 0.3) is 0 Å². The number of fused-ring (bicyclic) bond motifs is 1. The maximum absolute atomic E-state index is 13.1. The summed E-state index contributed by atoms with van der Waals surface area (Å²) < 4.78 is 5.52. The molecule has 1 atom stereocenters. The average Bonchev–Trinajstić information content (AvgIpc) is 3.27. The van der Waals surface area contributed by atoms with Crippen molar-refractivity contribution >= 4 is 23.3 Å². The highest BCUT2D eigenvalue weighted by Gasteiger charge is 2.28. The molecular weight excluding hydrogens is 404 g/mol. The van der Waals surface area contributed by atoms with Crippen LogP contribution in [0.5, 0.6) is 5.75 Å². The molecule has 0 saturated heterocycles. The second-order valence-electron chi connectivity index (χ2n) is 7.58. The minimum absolute atomic E-state index is 0.0532. The van der Waals surface area contributed by atoms with E-state index in [-0.39, 0.29) is 11.7 Å². The van der Waals surface area contributed by atoms with Gasteiger partial charge in [-0.05, 0) is 47.0 Å². The van der Waals surface area contributed by atoms with Crippen LogP contribution in [0.25, 0.3) is 0 Å². The number of amidine groups is 1. The van der Waals surface area contributed by atoms with Gasteiger partial charge in [0.05, 0.1) is 6.61 Å². The van der Waals surface area contributed by atoms with E-state index in [0.717, 1.165) is 23.3 Å². The molecule has 1 aliphatic heterocycles. The molecule has 0 radical (unpaired) electrons. The minimum atomic E-state index is -1.01. The largest absolute Gasteiger partial charge is 0.493 e. The Morgan fingerprint density at radius 2 is 1.75 bits per heavy atom. The Kier molecular flexibility index (Phi) is 6.17. The maximum atomic E-state index is 13.1. The van der Waals surface area contributed by atoms with E-state index < -0.39 is 11.8 Å². The highest BCUT2D eigenvalue weighted by atomic mass is 16.5. The van der Waals surface area contributed by atoms with E-state index in [1.165, 1.54) is 0 Å². The summed E-state index contributed by atoms with van der Waals surface area (Å²) in [6.45, 7) is 0.991. The monoisotopic (exact) mass is 428 g/mol. The number of hydrogen-bond donors (Lipinski definition) is 4. The number of hydrogen-bond acceptors (Lipinski definition) is 4. The third-order valence-electron chi connectivity index (χ3n) is 5.34. The molecule has 162 valence electrons. The van der Waals surface area contributed by atoms with Crippen molar-refractivity contribution in [1.29, 1.82) is 5.41 Å². The molecule has 32 heavy (non-hydrogen) atoms. The van der Waals surface area contributed by atoms with Gasteiger partial charge in [0.15, 0.2) is 0 Å². The van der Waals surface area contributed by atoms with Crippen LogP contribution in [0.4, 0.5) is 5.69 Å². The molecule has 7 heteroatoms. The zero-order chi connectivity index (χ0) is 22.5. The highest BCUT2D eigenvalue weighted by molar-refractivity contribution is 6.11.